The third kappa shape index (κ3) is 7.73. The lowest BCUT2D eigenvalue weighted by molar-refractivity contribution is -0.123. The maximum Gasteiger partial charge on any atom is 0.158 e. The van der Waals surface area contributed by atoms with Gasteiger partial charge in [0, 0.05) is 13.0 Å². The summed E-state index contributed by atoms with van der Waals surface area (Å²) in [5.41, 5.74) is 0. The standard InChI is InChI=1S/C10H20O2/c1-4-12-8-10(11)7-5-6-9(2)3/h9H,4-8H2,1-3H3. The fourth-order valence-electron chi connectivity index (χ4n) is 0.996. The van der Waals surface area contributed by atoms with Crippen LogP contribution in [-0.2, 0) is 9.53 Å². The summed E-state index contributed by atoms with van der Waals surface area (Å²) in [6.07, 6.45) is 2.82. The van der Waals surface area contributed by atoms with Gasteiger partial charge in [0.2, 0.25) is 0 Å². The van der Waals surface area contributed by atoms with E-state index in [0.717, 1.165) is 12.8 Å². The van der Waals surface area contributed by atoms with Gasteiger partial charge in [-0.05, 0) is 19.3 Å². The molecular formula is C10H20O2. The van der Waals surface area contributed by atoms with Crippen LogP contribution in [0.5, 0.6) is 0 Å². The van der Waals surface area contributed by atoms with Crippen molar-refractivity contribution in [2.24, 2.45) is 5.92 Å². The fraction of sp³-hybridized carbons (Fsp3) is 0.900. The topological polar surface area (TPSA) is 26.3 Å². The van der Waals surface area contributed by atoms with Crippen LogP contribution in [0.15, 0.2) is 0 Å². The molecule has 0 atom stereocenters. The van der Waals surface area contributed by atoms with Crippen LogP contribution in [0, 0.1) is 5.92 Å². The molecule has 0 aromatic carbocycles. The minimum absolute atomic E-state index is 0.234. The van der Waals surface area contributed by atoms with E-state index < -0.39 is 0 Å². The minimum Gasteiger partial charge on any atom is -0.374 e. The predicted molar refractivity (Wildman–Crippen MR) is 50.2 cm³/mol. The molecule has 0 aromatic rings. The van der Waals surface area contributed by atoms with E-state index in [1.54, 1.807) is 0 Å². The molecule has 2 nitrogen and oxygen atoms in total. The lowest BCUT2D eigenvalue weighted by Crippen LogP contribution is -2.08. The fourth-order valence-corrected chi connectivity index (χ4v) is 0.996. The summed E-state index contributed by atoms with van der Waals surface area (Å²) in [5.74, 6) is 0.933. The average Bonchev–Trinajstić information content (AvgIpc) is 2.00. The van der Waals surface area contributed by atoms with Gasteiger partial charge in [0.15, 0.2) is 5.78 Å². The Hall–Kier alpha value is -0.370. The predicted octanol–water partition coefficient (Wildman–Crippen LogP) is 2.42. The first kappa shape index (κ1) is 11.6. The maximum atomic E-state index is 11.1. The molecule has 0 aromatic heterocycles. The van der Waals surface area contributed by atoms with Gasteiger partial charge in [0.25, 0.3) is 0 Å². The van der Waals surface area contributed by atoms with Gasteiger partial charge in [-0.2, -0.15) is 0 Å². The summed E-state index contributed by atoms with van der Waals surface area (Å²) in [6.45, 7) is 7.19. The smallest absolute Gasteiger partial charge is 0.158 e. The minimum atomic E-state index is 0.234. The van der Waals surface area contributed by atoms with Gasteiger partial charge in [0.1, 0.15) is 6.61 Å². The Labute approximate surface area is 75.3 Å². The van der Waals surface area contributed by atoms with Gasteiger partial charge >= 0.3 is 0 Å². The van der Waals surface area contributed by atoms with Crippen LogP contribution in [0.2, 0.25) is 0 Å². The largest absolute Gasteiger partial charge is 0.374 e. The van der Waals surface area contributed by atoms with Crippen molar-refractivity contribution in [3.8, 4) is 0 Å². The van der Waals surface area contributed by atoms with E-state index in [4.69, 9.17) is 4.74 Å². The Morgan fingerprint density at radius 3 is 2.58 bits per heavy atom. The van der Waals surface area contributed by atoms with E-state index in [-0.39, 0.29) is 5.78 Å². The van der Waals surface area contributed by atoms with Crippen LogP contribution in [-0.4, -0.2) is 19.0 Å². The molecule has 0 unspecified atom stereocenters. The van der Waals surface area contributed by atoms with Crippen molar-refractivity contribution < 1.29 is 9.53 Å². The summed E-state index contributed by atoms with van der Waals surface area (Å²) < 4.78 is 5.00. The molecule has 0 aliphatic heterocycles. The molecule has 2 heteroatoms. The number of carbonyl (C=O) groups is 1. The molecule has 0 aliphatic rings. The van der Waals surface area contributed by atoms with E-state index >= 15 is 0 Å². The van der Waals surface area contributed by atoms with Crippen LogP contribution in [0.4, 0.5) is 0 Å². The van der Waals surface area contributed by atoms with Crippen molar-refractivity contribution in [3.05, 3.63) is 0 Å². The molecule has 0 saturated heterocycles. The molecular weight excluding hydrogens is 152 g/mol. The highest BCUT2D eigenvalue weighted by molar-refractivity contribution is 5.79. The van der Waals surface area contributed by atoms with Crippen LogP contribution < -0.4 is 0 Å². The molecule has 0 saturated carbocycles. The van der Waals surface area contributed by atoms with Crippen LogP contribution in [0.25, 0.3) is 0 Å². The monoisotopic (exact) mass is 172 g/mol. The lowest BCUT2D eigenvalue weighted by atomic mass is 10.1. The highest BCUT2D eigenvalue weighted by Crippen LogP contribution is 2.06. The Morgan fingerprint density at radius 2 is 2.08 bits per heavy atom. The first-order valence-electron chi connectivity index (χ1n) is 4.76. The number of rotatable bonds is 7. The van der Waals surface area contributed by atoms with Crippen molar-refractivity contribution in [2.75, 3.05) is 13.2 Å². The van der Waals surface area contributed by atoms with Crippen molar-refractivity contribution >= 4 is 5.78 Å². The first-order chi connectivity index (χ1) is 5.66. The lowest BCUT2D eigenvalue weighted by Gasteiger charge is -2.03. The van der Waals surface area contributed by atoms with Crippen LogP contribution in [0.1, 0.15) is 40.0 Å². The van der Waals surface area contributed by atoms with Gasteiger partial charge in [-0.25, -0.2) is 0 Å². The van der Waals surface area contributed by atoms with Crippen molar-refractivity contribution in [3.63, 3.8) is 0 Å². The summed E-state index contributed by atoms with van der Waals surface area (Å²) in [5, 5.41) is 0. The van der Waals surface area contributed by atoms with Crippen LogP contribution >= 0.6 is 0 Å². The summed E-state index contributed by atoms with van der Waals surface area (Å²) in [7, 11) is 0. The normalized spacial score (nSPS) is 10.7. The molecule has 0 aliphatic carbocycles. The molecule has 0 heterocycles. The van der Waals surface area contributed by atoms with Gasteiger partial charge in [0.05, 0.1) is 0 Å². The number of ether oxygens (including phenoxy) is 1. The van der Waals surface area contributed by atoms with Crippen molar-refractivity contribution in [1.82, 2.24) is 0 Å². The van der Waals surface area contributed by atoms with E-state index in [1.165, 1.54) is 0 Å². The molecule has 0 radical (unpaired) electrons. The van der Waals surface area contributed by atoms with Crippen molar-refractivity contribution in [1.29, 1.82) is 0 Å². The zero-order valence-electron chi connectivity index (χ0n) is 8.43. The Bertz CT molecular complexity index is 119. The van der Waals surface area contributed by atoms with Gasteiger partial charge in [-0.1, -0.05) is 20.3 Å². The molecule has 0 bridgehead atoms. The molecule has 0 rings (SSSR count). The summed E-state index contributed by atoms with van der Waals surface area (Å²) in [4.78, 5) is 11.1. The second-order valence-electron chi connectivity index (χ2n) is 3.46. The average molecular weight is 172 g/mol. The summed E-state index contributed by atoms with van der Waals surface area (Å²) in [6, 6.07) is 0. The molecule has 12 heavy (non-hydrogen) atoms. The Kier molecular flexibility index (Phi) is 7.06. The Morgan fingerprint density at radius 1 is 1.42 bits per heavy atom. The molecule has 0 N–H and O–H groups in total. The molecule has 0 spiro atoms. The molecule has 72 valence electrons. The second kappa shape index (κ2) is 7.29. The zero-order chi connectivity index (χ0) is 9.40. The van der Waals surface area contributed by atoms with E-state index in [9.17, 15) is 4.79 Å². The van der Waals surface area contributed by atoms with Gasteiger partial charge in [-0.15, -0.1) is 0 Å². The maximum absolute atomic E-state index is 11.1. The highest BCUT2D eigenvalue weighted by atomic mass is 16.5. The quantitative estimate of drug-likeness (QED) is 0.589. The molecule has 0 fully saturated rings. The third-order valence-electron chi connectivity index (χ3n) is 1.70. The van der Waals surface area contributed by atoms with E-state index in [2.05, 4.69) is 13.8 Å². The molecule has 0 amide bonds. The van der Waals surface area contributed by atoms with E-state index in [1.807, 2.05) is 6.92 Å². The van der Waals surface area contributed by atoms with Gasteiger partial charge in [-0.3, -0.25) is 4.79 Å². The SMILES string of the molecule is CCOCC(=O)CCCC(C)C. The number of carbonyl (C=O) groups excluding carboxylic acids is 1. The zero-order valence-corrected chi connectivity index (χ0v) is 8.43. The van der Waals surface area contributed by atoms with Crippen molar-refractivity contribution in [2.45, 2.75) is 40.0 Å². The number of ketones is 1. The summed E-state index contributed by atoms with van der Waals surface area (Å²) >= 11 is 0. The highest BCUT2D eigenvalue weighted by Gasteiger charge is 2.01. The number of Topliss-reactive ketones (excluding diaryl/α,β-unsaturated/α-hetero) is 1. The Balaban J connectivity index is 3.20. The number of hydrogen-bond acceptors (Lipinski definition) is 2. The van der Waals surface area contributed by atoms with Crippen LogP contribution in [0.3, 0.4) is 0 Å². The first-order valence-corrected chi connectivity index (χ1v) is 4.76. The van der Waals surface area contributed by atoms with Gasteiger partial charge < -0.3 is 4.74 Å². The second-order valence-corrected chi connectivity index (χ2v) is 3.46. The number of hydrogen-bond donors (Lipinski definition) is 0. The third-order valence-corrected chi connectivity index (χ3v) is 1.70. The van der Waals surface area contributed by atoms with E-state index in [0.29, 0.717) is 25.6 Å².